The van der Waals surface area contributed by atoms with E-state index in [0.717, 1.165) is 16.9 Å². The first-order chi connectivity index (χ1) is 17.8. The molecule has 0 unspecified atom stereocenters. The first-order valence-electron chi connectivity index (χ1n) is 12.5. The van der Waals surface area contributed by atoms with Crippen LogP contribution in [-0.2, 0) is 10.0 Å². The standard InChI is InChI=1S/C27H31F2N5O2S/c1-31-12-18-34(19-13-31)37(35,36)25-10-11-26(30-20-25)32-14-16-33(17-15-32)27(21-2-6-23(28)7-3-21)22-4-8-24(29)9-5-22/h2-11,20,27H,12-19H2,1H3. The summed E-state index contributed by atoms with van der Waals surface area (Å²) in [4.78, 5) is 11.3. The van der Waals surface area contributed by atoms with Crippen LogP contribution < -0.4 is 4.90 Å². The molecular weight excluding hydrogens is 496 g/mol. The van der Waals surface area contributed by atoms with Gasteiger partial charge in [-0.2, -0.15) is 4.31 Å². The Morgan fingerprint density at radius 3 is 1.76 bits per heavy atom. The number of nitrogens with zero attached hydrogens (tertiary/aromatic N) is 5. The van der Waals surface area contributed by atoms with Gasteiger partial charge in [0.25, 0.3) is 0 Å². The van der Waals surface area contributed by atoms with Crippen molar-refractivity contribution >= 4 is 15.8 Å². The minimum absolute atomic E-state index is 0.132. The van der Waals surface area contributed by atoms with Crippen molar-refractivity contribution in [2.45, 2.75) is 10.9 Å². The predicted molar refractivity (Wildman–Crippen MR) is 139 cm³/mol. The normalized spacial score (nSPS) is 18.4. The van der Waals surface area contributed by atoms with Gasteiger partial charge in [0.2, 0.25) is 10.0 Å². The first kappa shape index (κ1) is 25.7. The summed E-state index contributed by atoms with van der Waals surface area (Å²) in [6.07, 6.45) is 1.45. The summed E-state index contributed by atoms with van der Waals surface area (Å²) < 4.78 is 54.7. The molecule has 0 radical (unpaired) electrons. The first-order valence-corrected chi connectivity index (χ1v) is 13.9. The topological polar surface area (TPSA) is 60.0 Å². The number of hydrogen-bond acceptors (Lipinski definition) is 6. The van der Waals surface area contributed by atoms with E-state index in [1.165, 1.54) is 34.8 Å². The lowest BCUT2D eigenvalue weighted by Crippen LogP contribution is -2.48. The summed E-state index contributed by atoms with van der Waals surface area (Å²) >= 11 is 0. The van der Waals surface area contributed by atoms with Crippen LogP contribution in [0.4, 0.5) is 14.6 Å². The number of sulfonamides is 1. The quantitative estimate of drug-likeness (QED) is 0.491. The van der Waals surface area contributed by atoms with E-state index in [-0.39, 0.29) is 22.6 Å². The minimum Gasteiger partial charge on any atom is -0.354 e. The van der Waals surface area contributed by atoms with Gasteiger partial charge in [-0.25, -0.2) is 22.2 Å². The number of rotatable bonds is 6. The smallest absolute Gasteiger partial charge is 0.244 e. The zero-order chi connectivity index (χ0) is 26.0. The number of pyridine rings is 1. The zero-order valence-corrected chi connectivity index (χ0v) is 21.6. The molecule has 2 fully saturated rings. The highest BCUT2D eigenvalue weighted by Gasteiger charge is 2.29. The number of benzene rings is 2. The summed E-state index contributed by atoms with van der Waals surface area (Å²) in [6, 6.07) is 16.2. The highest BCUT2D eigenvalue weighted by Crippen LogP contribution is 2.31. The van der Waals surface area contributed by atoms with Crippen molar-refractivity contribution in [2.24, 2.45) is 0 Å². The number of aromatic nitrogens is 1. The highest BCUT2D eigenvalue weighted by atomic mass is 32.2. The van der Waals surface area contributed by atoms with Gasteiger partial charge in [-0.15, -0.1) is 0 Å². The van der Waals surface area contributed by atoms with Crippen molar-refractivity contribution < 1.29 is 17.2 Å². The molecule has 1 aromatic heterocycles. The summed E-state index contributed by atoms with van der Waals surface area (Å²) in [5, 5.41) is 0. The molecule has 37 heavy (non-hydrogen) atoms. The van der Waals surface area contributed by atoms with Gasteiger partial charge in [-0.1, -0.05) is 24.3 Å². The van der Waals surface area contributed by atoms with Crippen molar-refractivity contribution in [2.75, 3.05) is 64.3 Å². The summed E-state index contributed by atoms with van der Waals surface area (Å²) in [6.45, 7) is 5.19. The molecule has 3 aromatic rings. The molecule has 0 bridgehead atoms. The van der Waals surface area contributed by atoms with Gasteiger partial charge in [-0.05, 0) is 54.6 Å². The van der Waals surface area contributed by atoms with E-state index in [4.69, 9.17) is 0 Å². The SMILES string of the molecule is CN1CCN(S(=O)(=O)c2ccc(N3CCN(C(c4ccc(F)cc4)c4ccc(F)cc4)CC3)nc2)CC1. The van der Waals surface area contributed by atoms with E-state index in [0.29, 0.717) is 52.4 Å². The second-order valence-electron chi connectivity index (χ2n) is 9.59. The van der Waals surface area contributed by atoms with Gasteiger partial charge in [0.15, 0.2) is 0 Å². The summed E-state index contributed by atoms with van der Waals surface area (Å²) in [5.74, 6) is 0.142. The number of halogens is 2. The van der Waals surface area contributed by atoms with Gasteiger partial charge in [0, 0.05) is 58.6 Å². The minimum atomic E-state index is -3.56. The predicted octanol–water partition coefficient (Wildman–Crippen LogP) is 3.21. The zero-order valence-electron chi connectivity index (χ0n) is 20.8. The molecule has 3 heterocycles. The Morgan fingerprint density at radius 2 is 1.27 bits per heavy atom. The number of hydrogen-bond donors (Lipinski definition) is 0. The third-order valence-corrected chi connectivity index (χ3v) is 9.08. The highest BCUT2D eigenvalue weighted by molar-refractivity contribution is 7.89. The third-order valence-electron chi connectivity index (χ3n) is 7.20. The van der Waals surface area contributed by atoms with Crippen LogP contribution in [0.2, 0.25) is 0 Å². The Hall–Kier alpha value is -2.92. The maximum Gasteiger partial charge on any atom is 0.244 e. The lowest BCUT2D eigenvalue weighted by molar-refractivity contribution is 0.212. The van der Waals surface area contributed by atoms with E-state index in [9.17, 15) is 17.2 Å². The van der Waals surface area contributed by atoms with E-state index in [1.807, 2.05) is 7.05 Å². The molecule has 0 atom stereocenters. The summed E-state index contributed by atoms with van der Waals surface area (Å²) in [7, 11) is -1.57. The molecule has 5 rings (SSSR count). The maximum atomic E-state index is 13.6. The molecule has 2 aliphatic rings. The van der Waals surface area contributed by atoms with Gasteiger partial charge in [0.05, 0.1) is 6.04 Å². The molecule has 2 aromatic carbocycles. The monoisotopic (exact) mass is 527 g/mol. The largest absolute Gasteiger partial charge is 0.354 e. The van der Waals surface area contributed by atoms with Gasteiger partial charge in [0.1, 0.15) is 22.3 Å². The van der Waals surface area contributed by atoms with Crippen LogP contribution in [0.5, 0.6) is 0 Å². The Balaban J connectivity index is 1.28. The van der Waals surface area contributed by atoms with Gasteiger partial charge in [-0.3, -0.25) is 4.90 Å². The van der Waals surface area contributed by atoms with Gasteiger partial charge < -0.3 is 9.80 Å². The molecule has 0 aliphatic carbocycles. The molecule has 0 amide bonds. The second-order valence-corrected chi connectivity index (χ2v) is 11.5. The molecule has 0 N–H and O–H groups in total. The number of likely N-dealkylation sites (N-methyl/N-ethyl adjacent to an activating group) is 1. The average molecular weight is 528 g/mol. The fraction of sp³-hybridized carbons (Fsp3) is 0.370. The number of anilines is 1. The van der Waals surface area contributed by atoms with E-state index >= 15 is 0 Å². The maximum absolute atomic E-state index is 13.6. The third kappa shape index (κ3) is 5.67. The van der Waals surface area contributed by atoms with Crippen LogP contribution in [0.1, 0.15) is 17.2 Å². The van der Waals surface area contributed by atoms with Crippen LogP contribution in [0.25, 0.3) is 0 Å². The molecule has 2 aliphatic heterocycles. The Morgan fingerprint density at radius 1 is 0.730 bits per heavy atom. The molecule has 10 heteroatoms. The van der Waals surface area contributed by atoms with E-state index in [1.54, 1.807) is 36.4 Å². The Labute approximate surface area is 217 Å². The van der Waals surface area contributed by atoms with Gasteiger partial charge >= 0.3 is 0 Å². The van der Waals surface area contributed by atoms with Crippen LogP contribution in [0, 0.1) is 11.6 Å². The van der Waals surface area contributed by atoms with Crippen molar-refractivity contribution in [3.05, 3.63) is 89.6 Å². The number of piperazine rings is 2. The van der Waals surface area contributed by atoms with Crippen LogP contribution >= 0.6 is 0 Å². The van der Waals surface area contributed by atoms with Crippen LogP contribution in [-0.4, -0.2) is 86.9 Å². The van der Waals surface area contributed by atoms with Crippen LogP contribution in [0.3, 0.4) is 0 Å². The van der Waals surface area contributed by atoms with E-state index in [2.05, 4.69) is 19.7 Å². The fourth-order valence-corrected chi connectivity index (χ4v) is 6.37. The van der Waals surface area contributed by atoms with Crippen molar-refractivity contribution in [3.63, 3.8) is 0 Å². The lowest BCUT2D eigenvalue weighted by Gasteiger charge is -2.40. The molecule has 2 saturated heterocycles. The van der Waals surface area contributed by atoms with E-state index < -0.39 is 10.0 Å². The fourth-order valence-electron chi connectivity index (χ4n) is 5.00. The Bertz CT molecular complexity index is 1240. The summed E-state index contributed by atoms with van der Waals surface area (Å²) in [5.41, 5.74) is 1.89. The average Bonchev–Trinajstić information content (AvgIpc) is 2.92. The molecule has 0 spiro atoms. The van der Waals surface area contributed by atoms with Crippen molar-refractivity contribution in [1.29, 1.82) is 0 Å². The van der Waals surface area contributed by atoms with Crippen molar-refractivity contribution in [3.8, 4) is 0 Å². The molecule has 0 saturated carbocycles. The van der Waals surface area contributed by atoms with Crippen molar-refractivity contribution in [1.82, 2.24) is 19.1 Å². The second kappa shape index (κ2) is 10.8. The molecule has 196 valence electrons. The molecule has 7 nitrogen and oxygen atoms in total. The molecular formula is C27H31F2N5O2S. The Kier molecular flexibility index (Phi) is 7.52. The van der Waals surface area contributed by atoms with Crippen LogP contribution in [0.15, 0.2) is 71.8 Å². The lowest BCUT2D eigenvalue weighted by atomic mass is 9.96.